The van der Waals surface area contributed by atoms with E-state index in [1.165, 1.54) is 0 Å². The molecular formula is C8H13N3O. The van der Waals surface area contributed by atoms with Gasteiger partial charge in [0.15, 0.2) is 0 Å². The molecule has 4 heteroatoms. The molecule has 1 aliphatic rings. The lowest BCUT2D eigenvalue weighted by Crippen LogP contribution is -2.13. The van der Waals surface area contributed by atoms with E-state index in [0.717, 1.165) is 25.3 Å². The molecule has 0 radical (unpaired) electrons. The molecule has 4 nitrogen and oxygen atoms in total. The first-order chi connectivity index (χ1) is 5.83. The third-order valence-electron chi connectivity index (χ3n) is 2.22. The Morgan fingerprint density at radius 1 is 1.83 bits per heavy atom. The average Bonchev–Trinajstić information content (AvgIpc) is 2.62. The lowest BCUT2D eigenvalue weighted by molar-refractivity contribution is 0.345. The van der Waals surface area contributed by atoms with Crippen LogP contribution in [0.1, 0.15) is 25.1 Å². The molecule has 1 unspecified atom stereocenters. The third kappa shape index (κ3) is 0.992. The van der Waals surface area contributed by atoms with Crippen molar-refractivity contribution in [2.75, 3.05) is 6.61 Å². The quantitative estimate of drug-likeness (QED) is 0.705. The number of rotatable bonds is 2. The molecule has 1 atom stereocenters. The predicted molar refractivity (Wildman–Crippen MR) is 44.9 cm³/mol. The second-order valence-corrected chi connectivity index (χ2v) is 2.98. The number of imidazole rings is 1. The Kier molecular flexibility index (Phi) is 1.77. The van der Waals surface area contributed by atoms with Crippen LogP contribution in [-0.4, -0.2) is 16.2 Å². The van der Waals surface area contributed by atoms with Crippen molar-refractivity contribution < 1.29 is 4.74 Å². The van der Waals surface area contributed by atoms with Gasteiger partial charge in [-0.15, -0.1) is 0 Å². The zero-order valence-corrected chi connectivity index (χ0v) is 7.16. The summed E-state index contributed by atoms with van der Waals surface area (Å²) < 4.78 is 7.32. The van der Waals surface area contributed by atoms with Crippen LogP contribution in [0.4, 0.5) is 0 Å². The van der Waals surface area contributed by atoms with E-state index < -0.39 is 0 Å². The van der Waals surface area contributed by atoms with Crippen molar-refractivity contribution in [3.8, 4) is 6.01 Å². The van der Waals surface area contributed by atoms with Crippen molar-refractivity contribution in [3.05, 3.63) is 11.9 Å². The molecule has 0 saturated heterocycles. The molecule has 0 aliphatic carbocycles. The lowest BCUT2D eigenvalue weighted by Gasteiger charge is -2.08. The van der Waals surface area contributed by atoms with E-state index in [2.05, 4.69) is 11.9 Å². The molecule has 0 spiro atoms. The standard InChI is InChI=1S/C8H13N3O/c1-2-6(9)7-5-10-8-11(7)3-4-12-8/h5-6H,2-4,9H2,1H3. The molecule has 12 heavy (non-hydrogen) atoms. The van der Waals surface area contributed by atoms with Crippen molar-refractivity contribution in [1.29, 1.82) is 0 Å². The van der Waals surface area contributed by atoms with Crippen LogP contribution >= 0.6 is 0 Å². The van der Waals surface area contributed by atoms with Crippen LogP contribution in [0.3, 0.4) is 0 Å². The first kappa shape index (κ1) is 7.61. The first-order valence-corrected chi connectivity index (χ1v) is 4.26. The maximum absolute atomic E-state index is 5.90. The van der Waals surface area contributed by atoms with E-state index in [1.807, 2.05) is 10.8 Å². The molecule has 0 amide bonds. The second kappa shape index (κ2) is 2.79. The summed E-state index contributed by atoms with van der Waals surface area (Å²) in [4.78, 5) is 4.13. The minimum absolute atomic E-state index is 0.0907. The van der Waals surface area contributed by atoms with Gasteiger partial charge >= 0.3 is 0 Å². The van der Waals surface area contributed by atoms with Gasteiger partial charge in [-0.25, -0.2) is 4.98 Å². The lowest BCUT2D eigenvalue weighted by atomic mass is 10.2. The number of ether oxygens (including phenoxy) is 1. The number of aromatic nitrogens is 2. The summed E-state index contributed by atoms with van der Waals surface area (Å²) in [7, 11) is 0. The Labute approximate surface area is 71.3 Å². The zero-order chi connectivity index (χ0) is 8.55. The van der Waals surface area contributed by atoms with Crippen molar-refractivity contribution in [1.82, 2.24) is 9.55 Å². The molecule has 2 rings (SSSR count). The molecule has 0 aromatic carbocycles. The van der Waals surface area contributed by atoms with Crippen LogP contribution in [-0.2, 0) is 6.54 Å². The second-order valence-electron chi connectivity index (χ2n) is 2.98. The van der Waals surface area contributed by atoms with Crippen LogP contribution in [0.15, 0.2) is 6.20 Å². The van der Waals surface area contributed by atoms with Gasteiger partial charge in [-0.3, -0.25) is 4.57 Å². The molecule has 1 aromatic heterocycles. The monoisotopic (exact) mass is 167 g/mol. The Bertz CT molecular complexity index is 282. The van der Waals surface area contributed by atoms with Gasteiger partial charge in [-0.2, -0.15) is 0 Å². The van der Waals surface area contributed by atoms with Crippen molar-refractivity contribution >= 4 is 0 Å². The molecule has 2 N–H and O–H groups in total. The van der Waals surface area contributed by atoms with Crippen LogP contribution in [0.2, 0.25) is 0 Å². The summed E-state index contributed by atoms with van der Waals surface area (Å²) in [5.41, 5.74) is 6.98. The number of hydrogen-bond acceptors (Lipinski definition) is 3. The minimum Gasteiger partial charge on any atom is -0.463 e. The van der Waals surface area contributed by atoms with Gasteiger partial charge in [0, 0.05) is 6.04 Å². The van der Waals surface area contributed by atoms with Gasteiger partial charge in [0.1, 0.15) is 6.61 Å². The van der Waals surface area contributed by atoms with E-state index in [4.69, 9.17) is 10.5 Å². The molecular weight excluding hydrogens is 154 g/mol. The largest absolute Gasteiger partial charge is 0.463 e. The predicted octanol–water partition coefficient (Wildman–Crippen LogP) is 0.685. The highest BCUT2D eigenvalue weighted by Crippen LogP contribution is 2.23. The number of nitrogens with two attached hydrogens (primary N) is 1. The Hall–Kier alpha value is -1.03. The van der Waals surface area contributed by atoms with Gasteiger partial charge in [0.25, 0.3) is 6.01 Å². The van der Waals surface area contributed by atoms with E-state index in [1.54, 1.807) is 0 Å². The van der Waals surface area contributed by atoms with E-state index in [0.29, 0.717) is 6.01 Å². The van der Waals surface area contributed by atoms with Gasteiger partial charge in [-0.1, -0.05) is 6.92 Å². The van der Waals surface area contributed by atoms with E-state index in [-0.39, 0.29) is 6.04 Å². The minimum atomic E-state index is 0.0907. The SMILES string of the molecule is CCC(N)c1cnc2n1CCO2. The highest BCUT2D eigenvalue weighted by atomic mass is 16.5. The maximum atomic E-state index is 5.90. The summed E-state index contributed by atoms with van der Waals surface area (Å²) in [5, 5.41) is 0. The molecule has 0 saturated carbocycles. The molecule has 1 aliphatic heterocycles. The number of nitrogens with zero attached hydrogens (tertiary/aromatic N) is 2. The summed E-state index contributed by atoms with van der Waals surface area (Å²) in [6, 6.07) is 0.807. The average molecular weight is 167 g/mol. The Morgan fingerprint density at radius 2 is 2.67 bits per heavy atom. The number of fused-ring (bicyclic) bond motifs is 1. The highest BCUT2D eigenvalue weighted by molar-refractivity contribution is 5.15. The van der Waals surface area contributed by atoms with Crippen molar-refractivity contribution in [2.45, 2.75) is 25.9 Å². The topological polar surface area (TPSA) is 53.1 Å². The smallest absolute Gasteiger partial charge is 0.296 e. The summed E-state index contributed by atoms with van der Waals surface area (Å²) >= 11 is 0. The maximum Gasteiger partial charge on any atom is 0.296 e. The third-order valence-corrected chi connectivity index (χ3v) is 2.22. The van der Waals surface area contributed by atoms with Gasteiger partial charge in [0.05, 0.1) is 18.4 Å². The van der Waals surface area contributed by atoms with Crippen LogP contribution in [0.25, 0.3) is 0 Å². The van der Waals surface area contributed by atoms with Crippen LogP contribution in [0.5, 0.6) is 6.01 Å². The normalized spacial score (nSPS) is 17.2. The summed E-state index contributed by atoms with van der Waals surface area (Å²) in [5.74, 6) is 0. The van der Waals surface area contributed by atoms with Gasteiger partial charge in [-0.05, 0) is 6.42 Å². The molecule has 0 bridgehead atoms. The van der Waals surface area contributed by atoms with E-state index in [9.17, 15) is 0 Å². The highest BCUT2D eigenvalue weighted by Gasteiger charge is 2.19. The van der Waals surface area contributed by atoms with Gasteiger partial charge < -0.3 is 10.5 Å². The molecule has 0 fully saturated rings. The Balaban J connectivity index is 2.33. The molecule has 1 aromatic rings. The molecule has 2 heterocycles. The Morgan fingerprint density at radius 3 is 3.42 bits per heavy atom. The van der Waals surface area contributed by atoms with Crippen LogP contribution in [0, 0.1) is 0 Å². The van der Waals surface area contributed by atoms with E-state index >= 15 is 0 Å². The fraction of sp³-hybridized carbons (Fsp3) is 0.625. The fourth-order valence-corrected chi connectivity index (χ4v) is 1.44. The van der Waals surface area contributed by atoms with Gasteiger partial charge in [0.2, 0.25) is 0 Å². The zero-order valence-electron chi connectivity index (χ0n) is 7.16. The first-order valence-electron chi connectivity index (χ1n) is 4.26. The van der Waals surface area contributed by atoms with Crippen molar-refractivity contribution in [2.24, 2.45) is 5.73 Å². The number of hydrogen-bond donors (Lipinski definition) is 1. The van der Waals surface area contributed by atoms with Crippen LogP contribution < -0.4 is 10.5 Å². The molecule has 66 valence electrons. The summed E-state index contributed by atoms with van der Waals surface area (Å²) in [6.07, 6.45) is 2.74. The summed E-state index contributed by atoms with van der Waals surface area (Å²) in [6.45, 7) is 3.69. The van der Waals surface area contributed by atoms with Crippen molar-refractivity contribution in [3.63, 3.8) is 0 Å². The fourth-order valence-electron chi connectivity index (χ4n) is 1.44.